The molecular formula is C54H40N10Na2O6S2. The first-order valence-electron chi connectivity index (χ1n) is 22.2. The third-order valence-corrected chi connectivity index (χ3v) is 12.9. The van der Waals surface area contributed by atoms with Crippen molar-refractivity contribution < 1.29 is 85.1 Å². The van der Waals surface area contributed by atoms with Crippen LogP contribution in [0.25, 0.3) is 33.7 Å². The molecule has 0 radical (unpaired) electrons. The molecule has 356 valence electrons. The fourth-order valence-electron chi connectivity index (χ4n) is 7.80. The van der Waals surface area contributed by atoms with Crippen molar-refractivity contribution in [2.75, 3.05) is 31.9 Å². The van der Waals surface area contributed by atoms with E-state index in [1.54, 1.807) is 12.1 Å². The van der Waals surface area contributed by atoms with Crippen molar-refractivity contribution >= 4 is 123 Å². The van der Waals surface area contributed by atoms with Gasteiger partial charge in [-0.3, -0.25) is 0 Å². The fraction of sp³-hybridized carbons (Fsp3) is 0. The largest absolute Gasteiger partial charge is 1.00 e. The fourth-order valence-corrected chi connectivity index (χ4v) is 9.19. The molecule has 0 saturated heterocycles. The molecule has 0 aliphatic rings. The molecule has 0 unspecified atom stereocenters. The van der Waals surface area contributed by atoms with Gasteiger partial charge in [0.05, 0.1) is 9.79 Å². The van der Waals surface area contributed by atoms with Crippen LogP contribution in [0.15, 0.2) is 204 Å². The molecule has 0 atom stereocenters. The summed E-state index contributed by atoms with van der Waals surface area (Å²) in [6, 6.07) is 57.5. The Morgan fingerprint density at radius 3 is 1.00 bits per heavy atom. The molecule has 0 spiro atoms. The first-order chi connectivity index (χ1) is 34.8. The quantitative estimate of drug-likeness (QED) is 0.0369. The summed E-state index contributed by atoms with van der Waals surface area (Å²) < 4.78 is 76.7. The Hall–Kier alpha value is -7.20. The van der Waals surface area contributed by atoms with E-state index < -0.39 is 30.0 Å². The minimum absolute atomic E-state index is 0. The monoisotopic (exact) mass is 1030 g/mol. The van der Waals surface area contributed by atoms with Gasteiger partial charge in [0.1, 0.15) is 43.5 Å². The maximum atomic E-state index is 12.8. The van der Waals surface area contributed by atoms with Crippen LogP contribution in [0.5, 0.6) is 0 Å². The van der Waals surface area contributed by atoms with Gasteiger partial charge >= 0.3 is 59.1 Å². The SMILES string of the molecule is O=S(=O)([O-])c1cc(Nc2cc(Nc3ccccc3)nc(Nc3ccc4ccccc4c3)n2)ccc1/C=C/c1ccc(Nc2cc(Nc3ccccc3)nc(Nc3ccc4ccccc4c3)n2)cc1S(=O)(=O)[O-].[Na+].[Na+]. The number of hydrogen-bond donors (Lipinski definition) is 6. The predicted octanol–water partition coefficient (Wildman–Crippen LogP) is 6.02. The summed E-state index contributed by atoms with van der Waals surface area (Å²) in [6.07, 6.45) is 2.50. The van der Waals surface area contributed by atoms with Gasteiger partial charge < -0.3 is 41.0 Å². The van der Waals surface area contributed by atoms with Crippen LogP contribution < -0.4 is 91.0 Å². The van der Waals surface area contributed by atoms with Crippen LogP contribution >= 0.6 is 0 Å². The Bertz CT molecular complexity index is 3660. The van der Waals surface area contributed by atoms with Crippen LogP contribution in [0.4, 0.5) is 69.3 Å². The van der Waals surface area contributed by atoms with Crippen LogP contribution in [0, 0.1) is 0 Å². The molecule has 0 bridgehead atoms. The van der Waals surface area contributed by atoms with Gasteiger partial charge in [-0.05, 0) is 105 Å². The second kappa shape index (κ2) is 23.3. The Labute approximate surface area is 470 Å². The van der Waals surface area contributed by atoms with Crippen molar-refractivity contribution in [1.29, 1.82) is 0 Å². The van der Waals surface area contributed by atoms with Gasteiger partial charge in [-0.1, -0.05) is 121 Å². The van der Waals surface area contributed by atoms with Gasteiger partial charge in [0, 0.05) is 46.3 Å². The number of hydrogen-bond acceptors (Lipinski definition) is 16. The van der Waals surface area contributed by atoms with E-state index in [1.807, 2.05) is 146 Å². The van der Waals surface area contributed by atoms with E-state index in [0.29, 0.717) is 11.6 Å². The minimum Gasteiger partial charge on any atom is -0.744 e. The predicted molar refractivity (Wildman–Crippen MR) is 282 cm³/mol. The summed E-state index contributed by atoms with van der Waals surface area (Å²) in [6.45, 7) is 0. The Kier molecular flexibility index (Phi) is 16.7. The van der Waals surface area contributed by atoms with Crippen LogP contribution in [-0.4, -0.2) is 45.9 Å². The van der Waals surface area contributed by atoms with Gasteiger partial charge in [-0.25, -0.2) is 16.8 Å². The number of nitrogens with zero attached hydrogens (tertiary/aromatic N) is 4. The topological polar surface area (TPSA) is 238 Å². The molecule has 16 nitrogen and oxygen atoms in total. The van der Waals surface area contributed by atoms with E-state index in [4.69, 9.17) is 0 Å². The second-order valence-electron chi connectivity index (χ2n) is 16.3. The van der Waals surface area contributed by atoms with Crippen LogP contribution in [0.3, 0.4) is 0 Å². The third kappa shape index (κ3) is 13.5. The number of nitrogens with one attached hydrogen (secondary N) is 6. The van der Waals surface area contributed by atoms with Gasteiger partial charge in [-0.2, -0.15) is 19.9 Å². The first-order valence-corrected chi connectivity index (χ1v) is 25.0. The summed E-state index contributed by atoms with van der Waals surface area (Å²) >= 11 is 0. The number of rotatable bonds is 16. The third-order valence-electron chi connectivity index (χ3n) is 11.1. The Balaban J connectivity index is 0.00000364. The number of anilines is 12. The molecule has 10 aromatic rings. The summed E-state index contributed by atoms with van der Waals surface area (Å²) in [4.78, 5) is 17.3. The summed E-state index contributed by atoms with van der Waals surface area (Å²) in [5.74, 6) is 1.76. The van der Waals surface area contributed by atoms with Gasteiger partial charge in [-0.15, -0.1) is 0 Å². The molecule has 2 aromatic heterocycles. The average molecular weight is 1040 g/mol. The Morgan fingerprint density at radius 2 is 0.635 bits per heavy atom. The van der Waals surface area contributed by atoms with Crippen LogP contribution in [0.1, 0.15) is 11.1 Å². The molecular weight excluding hydrogens is 995 g/mol. The minimum atomic E-state index is -5.12. The Morgan fingerprint density at radius 1 is 0.324 bits per heavy atom. The van der Waals surface area contributed by atoms with E-state index in [2.05, 4.69) is 51.8 Å². The van der Waals surface area contributed by atoms with Crippen molar-refractivity contribution in [2.45, 2.75) is 9.79 Å². The molecule has 0 amide bonds. The molecule has 2 heterocycles. The molecule has 6 N–H and O–H groups in total. The van der Waals surface area contributed by atoms with Crippen molar-refractivity contribution in [1.82, 2.24) is 19.9 Å². The maximum Gasteiger partial charge on any atom is 1.00 e. The summed E-state index contributed by atoms with van der Waals surface area (Å²) in [5, 5.41) is 23.3. The zero-order valence-corrected chi connectivity index (χ0v) is 45.3. The van der Waals surface area contributed by atoms with E-state index in [1.165, 1.54) is 36.4 Å². The van der Waals surface area contributed by atoms with Crippen molar-refractivity contribution in [3.8, 4) is 0 Å². The van der Waals surface area contributed by atoms with Crippen LogP contribution in [-0.2, 0) is 20.2 Å². The van der Waals surface area contributed by atoms with Gasteiger partial charge in [0.25, 0.3) is 0 Å². The molecule has 0 fully saturated rings. The normalized spacial score (nSPS) is 11.3. The second-order valence-corrected chi connectivity index (χ2v) is 19.0. The van der Waals surface area contributed by atoms with E-state index in [9.17, 15) is 25.9 Å². The zero-order chi connectivity index (χ0) is 49.7. The molecule has 20 heteroatoms. The van der Waals surface area contributed by atoms with E-state index in [0.717, 1.165) is 56.4 Å². The van der Waals surface area contributed by atoms with Crippen molar-refractivity contribution in [2.24, 2.45) is 0 Å². The molecule has 10 rings (SSSR count). The van der Waals surface area contributed by atoms with Gasteiger partial charge in [0.2, 0.25) is 11.9 Å². The number of aromatic nitrogens is 4. The maximum absolute atomic E-state index is 12.8. The molecule has 0 aliphatic carbocycles. The standard InChI is InChI=1S/C54H42N10O6S2.2Na/c65-71(66,67)47-31-45(57-51-33-49(55-41-15-3-1-4-16-41)61-53(63-51)59-43-25-21-35-11-7-9-13-39(35)29-43)27-23-37(47)19-20-38-24-28-46(32-48(38)72(68,69)70)58-52-34-50(56-42-17-5-2-6-18-42)62-54(64-52)60-44-26-22-36-12-8-10-14-40(36)30-44;;/h1-34H,(H,65,66,67)(H,68,69,70)(H3,55,57,59,61,63)(H3,56,58,60,62,64);;/q;2*+1/p-2/b20-19+;;. The van der Waals surface area contributed by atoms with Gasteiger partial charge in [0.15, 0.2) is 0 Å². The molecule has 8 aromatic carbocycles. The number of benzene rings is 8. The molecule has 0 saturated carbocycles. The van der Waals surface area contributed by atoms with Crippen molar-refractivity contribution in [3.63, 3.8) is 0 Å². The smallest absolute Gasteiger partial charge is 0.744 e. The van der Waals surface area contributed by atoms with E-state index in [-0.39, 0.29) is 105 Å². The van der Waals surface area contributed by atoms with Crippen LogP contribution in [0.2, 0.25) is 0 Å². The zero-order valence-electron chi connectivity index (χ0n) is 39.7. The first kappa shape index (κ1) is 53.1. The number of fused-ring (bicyclic) bond motifs is 2. The number of para-hydroxylation sites is 2. The summed E-state index contributed by atoms with van der Waals surface area (Å²) in [7, 11) is -10.2. The molecule has 0 aliphatic heterocycles. The molecule has 74 heavy (non-hydrogen) atoms. The van der Waals surface area contributed by atoms with E-state index >= 15 is 0 Å². The summed E-state index contributed by atoms with van der Waals surface area (Å²) in [5.41, 5.74) is 3.22. The van der Waals surface area contributed by atoms with Crippen molar-refractivity contribution in [3.05, 3.63) is 205 Å². The average Bonchev–Trinajstić information content (AvgIpc) is 3.36.